The van der Waals surface area contributed by atoms with Crippen LogP contribution in [0.15, 0.2) is 0 Å². The number of hydrogen-bond donors (Lipinski definition) is 3. The highest BCUT2D eigenvalue weighted by Gasteiger charge is 2.26. The molecule has 5 nitrogen and oxygen atoms in total. The van der Waals surface area contributed by atoms with Crippen LogP contribution in [0.1, 0.15) is 13.3 Å². The first-order valence-corrected chi connectivity index (χ1v) is 3.21. The molecule has 0 aromatic carbocycles. The van der Waals surface area contributed by atoms with Crippen LogP contribution in [0.2, 0.25) is 0 Å². The van der Waals surface area contributed by atoms with Crippen molar-refractivity contribution in [3.63, 3.8) is 0 Å². The van der Waals surface area contributed by atoms with Gasteiger partial charge >= 0.3 is 5.97 Å². The van der Waals surface area contributed by atoms with Gasteiger partial charge in [0, 0.05) is 0 Å². The molecule has 0 aromatic heterocycles. The van der Waals surface area contributed by atoms with Crippen LogP contribution in [0.3, 0.4) is 0 Å². The van der Waals surface area contributed by atoms with Crippen molar-refractivity contribution in [2.45, 2.75) is 25.5 Å². The fourth-order valence-electron chi connectivity index (χ4n) is 0.571. The van der Waals surface area contributed by atoms with Crippen molar-refractivity contribution in [3.05, 3.63) is 0 Å². The molecule has 0 saturated carbocycles. The fraction of sp³-hybridized carbons (Fsp3) is 0.667. The monoisotopic (exact) mass is 161 g/mol. The predicted octanol–water partition coefficient (Wildman–Crippen LogP) is -1.26. The molecule has 64 valence electrons. The zero-order valence-electron chi connectivity index (χ0n) is 6.15. The third-order valence-corrected chi connectivity index (χ3v) is 1.35. The zero-order chi connectivity index (χ0) is 9.02. The van der Waals surface area contributed by atoms with Crippen molar-refractivity contribution >= 4 is 11.8 Å². The minimum atomic E-state index is -1.61. The van der Waals surface area contributed by atoms with Gasteiger partial charge in [0.25, 0.3) is 5.78 Å². The molecule has 2 unspecified atom stereocenters. The number of nitrogens with two attached hydrogens (primary N) is 1. The van der Waals surface area contributed by atoms with Crippen LogP contribution in [0.5, 0.6) is 0 Å². The first kappa shape index (κ1) is 10.1. The molecule has 0 radical (unpaired) electrons. The van der Waals surface area contributed by atoms with E-state index in [1.165, 1.54) is 0 Å². The highest BCUT2D eigenvalue weighted by Crippen LogP contribution is 1.96. The van der Waals surface area contributed by atoms with E-state index >= 15 is 0 Å². The van der Waals surface area contributed by atoms with E-state index in [-0.39, 0.29) is 6.42 Å². The summed E-state index contributed by atoms with van der Waals surface area (Å²) in [5.41, 5.74) is 5.09. The summed E-state index contributed by atoms with van der Waals surface area (Å²) in [5.74, 6) is -2.76. The van der Waals surface area contributed by atoms with Gasteiger partial charge in [-0.1, -0.05) is 6.92 Å². The Morgan fingerprint density at radius 3 is 2.27 bits per heavy atom. The average molecular weight is 161 g/mol. The van der Waals surface area contributed by atoms with Crippen LogP contribution >= 0.6 is 0 Å². The maximum absolute atomic E-state index is 10.6. The molecule has 0 aliphatic rings. The van der Waals surface area contributed by atoms with Crippen molar-refractivity contribution in [2.75, 3.05) is 0 Å². The molecule has 0 rings (SSSR count). The van der Waals surface area contributed by atoms with Gasteiger partial charge in [-0.05, 0) is 6.42 Å². The first-order chi connectivity index (χ1) is 5.00. The van der Waals surface area contributed by atoms with Crippen molar-refractivity contribution in [3.8, 4) is 0 Å². The Hall–Kier alpha value is -0.940. The summed E-state index contributed by atoms with van der Waals surface area (Å²) >= 11 is 0. The lowest BCUT2D eigenvalue weighted by Crippen LogP contribution is -2.44. The number of carbonyl (C=O) groups is 2. The van der Waals surface area contributed by atoms with E-state index in [0.29, 0.717) is 0 Å². The Kier molecular flexibility index (Phi) is 3.70. The number of aliphatic hydroxyl groups is 1. The van der Waals surface area contributed by atoms with Gasteiger partial charge in [0.05, 0.1) is 6.10 Å². The second-order valence-electron chi connectivity index (χ2n) is 2.17. The van der Waals surface area contributed by atoms with Gasteiger partial charge in [-0.25, -0.2) is 4.79 Å². The van der Waals surface area contributed by atoms with Crippen molar-refractivity contribution in [1.82, 2.24) is 0 Å². The molecule has 0 aliphatic heterocycles. The summed E-state index contributed by atoms with van der Waals surface area (Å²) in [5, 5.41) is 17.1. The Bertz CT molecular complexity index is 168. The van der Waals surface area contributed by atoms with Gasteiger partial charge in [0.15, 0.2) is 0 Å². The summed E-state index contributed by atoms with van der Waals surface area (Å²) in [6, 6.07) is -1.31. The first-order valence-electron chi connectivity index (χ1n) is 3.21. The number of carboxylic acids is 1. The van der Waals surface area contributed by atoms with E-state index in [4.69, 9.17) is 15.9 Å². The lowest BCUT2D eigenvalue weighted by atomic mass is 10.1. The van der Waals surface area contributed by atoms with Gasteiger partial charge in [-0.3, -0.25) is 4.79 Å². The normalized spacial score (nSPS) is 15.5. The highest BCUT2D eigenvalue weighted by atomic mass is 16.4. The summed E-state index contributed by atoms with van der Waals surface area (Å²) in [4.78, 5) is 20.6. The molecule has 0 amide bonds. The molecule has 0 heterocycles. The smallest absolute Gasteiger partial charge is 0.373 e. The number of carbonyl (C=O) groups excluding carboxylic acids is 1. The van der Waals surface area contributed by atoms with Crippen LogP contribution in [-0.2, 0) is 9.59 Å². The summed E-state index contributed by atoms with van der Waals surface area (Å²) in [6.07, 6.45) is -0.807. The van der Waals surface area contributed by atoms with Gasteiger partial charge in [-0.15, -0.1) is 0 Å². The maximum atomic E-state index is 10.6. The van der Waals surface area contributed by atoms with Crippen LogP contribution < -0.4 is 5.73 Å². The quantitative estimate of drug-likeness (QED) is 0.447. The summed E-state index contributed by atoms with van der Waals surface area (Å²) in [7, 11) is 0. The molecule has 2 atom stereocenters. The van der Waals surface area contributed by atoms with E-state index in [1.54, 1.807) is 6.92 Å². The van der Waals surface area contributed by atoms with E-state index in [2.05, 4.69) is 0 Å². The van der Waals surface area contributed by atoms with Gasteiger partial charge in [-0.2, -0.15) is 0 Å². The number of aliphatic hydroxyl groups excluding tert-OH is 1. The number of Topliss-reactive ketones (excluding diaryl/α,β-unsaturated/α-hetero) is 1. The second kappa shape index (κ2) is 4.05. The van der Waals surface area contributed by atoms with Crippen molar-refractivity contribution < 1.29 is 19.8 Å². The zero-order valence-corrected chi connectivity index (χ0v) is 6.15. The third kappa shape index (κ3) is 2.65. The number of carboxylic acid groups (broad SMARTS) is 1. The Morgan fingerprint density at radius 1 is 1.55 bits per heavy atom. The van der Waals surface area contributed by atoms with E-state index in [0.717, 1.165) is 0 Å². The predicted molar refractivity (Wildman–Crippen MR) is 36.9 cm³/mol. The number of hydrogen-bond acceptors (Lipinski definition) is 4. The Morgan fingerprint density at radius 2 is 2.00 bits per heavy atom. The minimum absolute atomic E-state index is 0.264. The summed E-state index contributed by atoms with van der Waals surface area (Å²) in [6.45, 7) is 1.61. The van der Waals surface area contributed by atoms with E-state index < -0.39 is 23.9 Å². The topological polar surface area (TPSA) is 101 Å². The van der Waals surface area contributed by atoms with Crippen molar-refractivity contribution in [2.24, 2.45) is 5.73 Å². The molecule has 0 aromatic rings. The maximum Gasteiger partial charge on any atom is 0.373 e. The molecule has 0 bridgehead atoms. The standard InChI is InChI=1S/C6H11NO4/c1-2-3(8)4(7)5(9)6(10)11/h3-4,8H,2,7H2,1H3,(H,10,11). The lowest BCUT2D eigenvalue weighted by Gasteiger charge is -2.12. The van der Waals surface area contributed by atoms with Crippen LogP contribution in [-0.4, -0.2) is 34.1 Å². The molecule has 11 heavy (non-hydrogen) atoms. The van der Waals surface area contributed by atoms with Crippen molar-refractivity contribution in [1.29, 1.82) is 0 Å². The molecular formula is C6H11NO4. The van der Waals surface area contributed by atoms with E-state index in [1.807, 2.05) is 0 Å². The van der Waals surface area contributed by atoms with Gasteiger partial charge in [0.1, 0.15) is 6.04 Å². The molecule has 4 N–H and O–H groups in total. The molecule has 0 spiro atoms. The SMILES string of the molecule is CCC(O)C(N)C(=O)C(=O)O. The second-order valence-corrected chi connectivity index (χ2v) is 2.17. The molecule has 0 aliphatic carbocycles. The number of rotatable bonds is 4. The highest BCUT2D eigenvalue weighted by molar-refractivity contribution is 6.34. The molecule has 0 saturated heterocycles. The number of aliphatic carboxylic acids is 1. The minimum Gasteiger partial charge on any atom is -0.475 e. The van der Waals surface area contributed by atoms with Crippen LogP contribution in [0, 0.1) is 0 Å². The Labute approximate surface area is 63.8 Å². The summed E-state index contributed by atoms with van der Waals surface area (Å²) < 4.78 is 0. The van der Waals surface area contributed by atoms with Gasteiger partial charge < -0.3 is 15.9 Å². The lowest BCUT2D eigenvalue weighted by molar-refractivity contribution is -0.150. The van der Waals surface area contributed by atoms with Crippen LogP contribution in [0.4, 0.5) is 0 Å². The molecular weight excluding hydrogens is 150 g/mol. The fourth-order valence-corrected chi connectivity index (χ4v) is 0.571. The average Bonchev–Trinajstić information content (AvgIpc) is 2.00. The Balaban J connectivity index is 4.13. The molecule has 0 fully saturated rings. The molecule has 5 heteroatoms. The van der Waals surface area contributed by atoms with Gasteiger partial charge in [0.2, 0.25) is 0 Å². The van der Waals surface area contributed by atoms with E-state index in [9.17, 15) is 9.59 Å². The largest absolute Gasteiger partial charge is 0.475 e. The van der Waals surface area contributed by atoms with Crippen LogP contribution in [0.25, 0.3) is 0 Å². The number of ketones is 1. The third-order valence-electron chi connectivity index (χ3n) is 1.35.